The number of nitrogens with zero attached hydrogens (tertiary/aromatic N) is 1. The molecular formula is C11H22N2O. The average Bonchev–Trinajstić information content (AvgIpc) is 2.99. The summed E-state index contributed by atoms with van der Waals surface area (Å²) in [7, 11) is 0. The van der Waals surface area contributed by atoms with Crippen molar-refractivity contribution < 1.29 is 4.79 Å². The molecule has 0 aromatic rings. The van der Waals surface area contributed by atoms with Gasteiger partial charge in [-0.3, -0.25) is 4.79 Å². The fourth-order valence-corrected chi connectivity index (χ4v) is 1.62. The van der Waals surface area contributed by atoms with Gasteiger partial charge in [0.25, 0.3) is 0 Å². The van der Waals surface area contributed by atoms with Crippen molar-refractivity contribution in [1.29, 1.82) is 0 Å². The maximum atomic E-state index is 11.8. The van der Waals surface area contributed by atoms with Crippen molar-refractivity contribution in [3.8, 4) is 0 Å². The SMILES string of the molecule is CCCCN(C(=O)CCCN)C1CC1. The summed E-state index contributed by atoms with van der Waals surface area (Å²) in [5.41, 5.74) is 5.40. The second kappa shape index (κ2) is 6.02. The van der Waals surface area contributed by atoms with Gasteiger partial charge in [0.15, 0.2) is 0 Å². The lowest BCUT2D eigenvalue weighted by molar-refractivity contribution is -0.131. The molecule has 0 spiro atoms. The number of carbonyl (C=O) groups excluding carboxylic acids is 1. The van der Waals surface area contributed by atoms with E-state index in [1.807, 2.05) is 0 Å². The monoisotopic (exact) mass is 198 g/mol. The Bertz CT molecular complexity index is 178. The number of nitrogens with two attached hydrogens (primary N) is 1. The van der Waals surface area contributed by atoms with Crippen LogP contribution in [0.2, 0.25) is 0 Å². The maximum Gasteiger partial charge on any atom is 0.222 e. The highest BCUT2D eigenvalue weighted by Crippen LogP contribution is 2.27. The number of hydrogen-bond acceptors (Lipinski definition) is 2. The summed E-state index contributed by atoms with van der Waals surface area (Å²) < 4.78 is 0. The zero-order chi connectivity index (χ0) is 10.4. The molecule has 2 N–H and O–H groups in total. The van der Waals surface area contributed by atoms with Crippen LogP contribution in [0.15, 0.2) is 0 Å². The summed E-state index contributed by atoms with van der Waals surface area (Å²) in [5.74, 6) is 0.311. The van der Waals surface area contributed by atoms with Crippen LogP contribution in [0, 0.1) is 0 Å². The van der Waals surface area contributed by atoms with E-state index in [0.717, 1.165) is 25.8 Å². The second-order valence-electron chi connectivity index (χ2n) is 4.06. The highest BCUT2D eigenvalue weighted by molar-refractivity contribution is 5.76. The first-order valence-corrected chi connectivity index (χ1v) is 5.79. The molecular weight excluding hydrogens is 176 g/mol. The van der Waals surface area contributed by atoms with E-state index < -0.39 is 0 Å². The molecule has 0 radical (unpaired) electrons. The number of carbonyl (C=O) groups is 1. The van der Waals surface area contributed by atoms with Crippen molar-refractivity contribution in [3.63, 3.8) is 0 Å². The average molecular weight is 198 g/mol. The zero-order valence-corrected chi connectivity index (χ0v) is 9.17. The molecule has 1 saturated carbocycles. The van der Waals surface area contributed by atoms with E-state index in [1.54, 1.807) is 0 Å². The first-order chi connectivity index (χ1) is 6.79. The van der Waals surface area contributed by atoms with E-state index in [4.69, 9.17) is 5.73 Å². The lowest BCUT2D eigenvalue weighted by Gasteiger charge is -2.22. The Balaban J connectivity index is 2.28. The van der Waals surface area contributed by atoms with Crippen molar-refractivity contribution >= 4 is 5.91 Å². The molecule has 0 heterocycles. The van der Waals surface area contributed by atoms with Gasteiger partial charge in [0.2, 0.25) is 5.91 Å². The van der Waals surface area contributed by atoms with E-state index in [2.05, 4.69) is 11.8 Å². The fraction of sp³-hybridized carbons (Fsp3) is 0.909. The molecule has 82 valence electrons. The normalized spacial score (nSPS) is 15.6. The highest BCUT2D eigenvalue weighted by atomic mass is 16.2. The molecule has 14 heavy (non-hydrogen) atoms. The van der Waals surface area contributed by atoms with Crippen molar-refractivity contribution in [2.24, 2.45) is 5.73 Å². The molecule has 0 bridgehead atoms. The summed E-state index contributed by atoms with van der Waals surface area (Å²) in [6.07, 6.45) is 6.17. The first-order valence-electron chi connectivity index (χ1n) is 5.79. The largest absolute Gasteiger partial charge is 0.340 e. The van der Waals surface area contributed by atoms with Crippen molar-refractivity contribution in [3.05, 3.63) is 0 Å². The molecule has 1 fully saturated rings. The molecule has 1 rings (SSSR count). The number of amides is 1. The molecule has 0 aromatic heterocycles. The molecule has 0 aromatic carbocycles. The van der Waals surface area contributed by atoms with Crippen LogP contribution < -0.4 is 5.73 Å². The molecule has 3 heteroatoms. The van der Waals surface area contributed by atoms with Crippen LogP contribution in [0.3, 0.4) is 0 Å². The number of unbranched alkanes of at least 4 members (excludes halogenated alkanes) is 1. The fourth-order valence-electron chi connectivity index (χ4n) is 1.62. The third-order valence-corrected chi connectivity index (χ3v) is 2.66. The number of rotatable bonds is 7. The van der Waals surface area contributed by atoms with Crippen LogP contribution >= 0.6 is 0 Å². The lowest BCUT2D eigenvalue weighted by atomic mass is 10.2. The van der Waals surface area contributed by atoms with Crippen LogP contribution in [-0.2, 0) is 4.79 Å². The highest BCUT2D eigenvalue weighted by Gasteiger charge is 2.31. The minimum Gasteiger partial charge on any atom is -0.340 e. The smallest absolute Gasteiger partial charge is 0.222 e. The first kappa shape index (κ1) is 11.5. The standard InChI is InChI=1S/C11H22N2O/c1-2-3-9-13(10-6-7-10)11(14)5-4-8-12/h10H,2-9,12H2,1H3. The predicted molar refractivity (Wildman–Crippen MR) is 57.9 cm³/mol. The Morgan fingerprint density at radius 2 is 2.14 bits per heavy atom. The van der Waals surface area contributed by atoms with Gasteiger partial charge in [-0.25, -0.2) is 0 Å². The Morgan fingerprint density at radius 3 is 2.64 bits per heavy atom. The minimum atomic E-state index is 0.311. The van der Waals surface area contributed by atoms with Gasteiger partial charge in [-0.1, -0.05) is 13.3 Å². The Labute approximate surface area is 86.6 Å². The molecule has 0 unspecified atom stereocenters. The van der Waals surface area contributed by atoms with Crippen LogP contribution in [0.5, 0.6) is 0 Å². The van der Waals surface area contributed by atoms with Gasteiger partial charge in [-0.05, 0) is 32.2 Å². The topological polar surface area (TPSA) is 46.3 Å². The predicted octanol–water partition coefficient (Wildman–Crippen LogP) is 1.52. The number of hydrogen-bond donors (Lipinski definition) is 1. The van der Waals surface area contributed by atoms with Gasteiger partial charge in [0, 0.05) is 19.0 Å². The Kier molecular flexibility index (Phi) is 4.94. The van der Waals surface area contributed by atoms with E-state index in [1.165, 1.54) is 12.8 Å². The van der Waals surface area contributed by atoms with Gasteiger partial charge in [0.1, 0.15) is 0 Å². The molecule has 0 aliphatic heterocycles. The Morgan fingerprint density at radius 1 is 1.43 bits per heavy atom. The molecule has 1 amide bonds. The molecule has 0 atom stereocenters. The lowest BCUT2D eigenvalue weighted by Crippen LogP contribution is -2.34. The summed E-state index contributed by atoms with van der Waals surface area (Å²) in [5, 5.41) is 0. The molecule has 1 aliphatic carbocycles. The van der Waals surface area contributed by atoms with Crippen LogP contribution in [0.25, 0.3) is 0 Å². The summed E-state index contributed by atoms with van der Waals surface area (Å²) >= 11 is 0. The van der Waals surface area contributed by atoms with E-state index in [-0.39, 0.29) is 0 Å². The minimum absolute atomic E-state index is 0.311. The van der Waals surface area contributed by atoms with Crippen LogP contribution in [-0.4, -0.2) is 29.9 Å². The zero-order valence-electron chi connectivity index (χ0n) is 9.17. The maximum absolute atomic E-state index is 11.8. The third-order valence-electron chi connectivity index (χ3n) is 2.66. The second-order valence-corrected chi connectivity index (χ2v) is 4.06. The van der Waals surface area contributed by atoms with Gasteiger partial charge >= 0.3 is 0 Å². The third kappa shape index (κ3) is 3.66. The van der Waals surface area contributed by atoms with Crippen LogP contribution in [0.1, 0.15) is 45.4 Å². The molecule has 1 aliphatic rings. The van der Waals surface area contributed by atoms with Gasteiger partial charge in [-0.15, -0.1) is 0 Å². The van der Waals surface area contributed by atoms with E-state index in [9.17, 15) is 4.79 Å². The summed E-state index contributed by atoms with van der Waals surface area (Å²) in [4.78, 5) is 13.8. The van der Waals surface area contributed by atoms with Gasteiger partial charge < -0.3 is 10.6 Å². The van der Waals surface area contributed by atoms with Gasteiger partial charge in [-0.2, -0.15) is 0 Å². The van der Waals surface area contributed by atoms with E-state index in [0.29, 0.717) is 24.9 Å². The van der Waals surface area contributed by atoms with E-state index >= 15 is 0 Å². The van der Waals surface area contributed by atoms with Crippen molar-refractivity contribution in [2.45, 2.75) is 51.5 Å². The quantitative estimate of drug-likeness (QED) is 0.674. The molecule has 0 saturated heterocycles. The van der Waals surface area contributed by atoms with Crippen LogP contribution in [0.4, 0.5) is 0 Å². The van der Waals surface area contributed by atoms with Crippen molar-refractivity contribution in [1.82, 2.24) is 4.90 Å². The molecule has 3 nitrogen and oxygen atoms in total. The summed E-state index contributed by atoms with van der Waals surface area (Å²) in [6, 6.07) is 0.562. The van der Waals surface area contributed by atoms with Gasteiger partial charge in [0.05, 0.1) is 0 Å². The summed E-state index contributed by atoms with van der Waals surface area (Å²) in [6.45, 7) is 3.73. The van der Waals surface area contributed by atoms with Crippen molar-refractivity contribution in [2.75, 3.05) is 13.1 Å². The Hall–Kier alpha value is -0.570.